The third-order valence-corrected chi connectivity index (χ3v) is 4.08. The van der Waals surface area contributed by atoms with Crippen molar-refractivity contribution in [1.82, 2.24) is 10.2 Å². The zero-order valence-electron chi connectivity index (χ0n) is 14.3. The number of anilines is 1. The van der Waals surface area contributed by atoms with E-state index >= 15 is 0 Å². The molecule has 8 heteroatoms. The molecule has 0 bridgehead atoms. The molecule has 1 atom stereocenters. The lowest BCUT2D eigenvalue weighted by Crippen LogP contribution is -2.34. The van der Waals surface area contributed by atoms with Crippen molar-refractivity contribution in [3.05, 3.63) is 29.8 Å². The topological polar surface area (TPSA) is 52.7 Å². The van der Waals surface area contributed by atoms with Crippen LogP contribution < -0.4 is 10.2 Å². The van der Waals surface area contributed by atoms with Gasteiger partial charge in [-0.2, -0.15) is 13.2 Å². The van der Waals surface area contributed by atoms with Gasteiger partial charge in [0.05, 0.1) is 17.2 Å². The Bertz CT molecular complexity index is 632. The molecular formula is C17H22F3N3O2. The predicted octanol–water partition coefficient (Wildman–Crippen LogP) is 2.13. The van der Waals surface area contributed by atoms with Crippen molar-refractivity contribution in [1.29, 1.82) is 0 Å². The van der Waals surface area contributed by atoms with Gasteiger partial charge in [0.25, 0.3) is 0 Å². The Morgan fingerprint density at radius 1 is 1.32 bits per heavy atom. The number of hydrogen-bond acceptors (Lipinski definition) is 3. The summed E-state index contributed by atoms with van der Waals surface area (Å²) in [7, 11) is 3.85. The van der Waals surface area contributed by atoms with Gasteiger partial charge in [0.2, 0.25) is 11.8 Å². The van der Waals surface area contributed by atoms with E-state index in [1.54, 1.807) is 0 Å². The lowest BCUT2D eigenvalue weighted by molar-refractivity contribution is -0.137. The molecule has 2 amide bonds. The van der Waals surface area contributed by atoms with Crippen LogP contribution in [0.1, 0.15) is 18.4 Å². The Balaban J connectivity index is 2.02. The molecule has 0 aliphatic carbocycles. The number of benzene rings is 1. The molecule has 25 heavy (non-hydrogen) atoms. The molecule has 5 nitrogen and oxygen atoms in total. The number of amides is 2. The Labute approximate surface area is 144 Å². The van der Waals surface area contributed by atoms with E-state index in [0.29, 0.717) is 6.54 Å². The average molecular weight is 357 g/mol. The number of halogens is 3. The van der Waals surface area contributed by atoms with Crippen LogP contribution in [-0.4, -0.2) is 50.4 Å². The smallest absolute Gasteiger partial charge is 0.356 e. The van der Waals surface area contributed by atoms with E-state index in [9.17, 15) is 22.8 Å². The summed E-state index contributed by atoms with van der Waals surface area (Å²) < 4.78 is 39.4. The molecule has 0 radical (unpaired) electrons. The summed E-state index contributed by atoms with van der Waals surface area (Å²) >= 11 is 0. The zero-order chi connectivity index (χ0) is 18.6. The standard InChI is InChI=1S/C17H22F3N3O2/c1-22(2)9-5-8-21-16(25)12-10-15(24)23(11-12)14-7-4-3-6-13(14)17(18,19)20/h3-4,6-7,12H,5,8-11H2,1-2H3,(H,21,25). The summed E-state index contributed by atoms with van der Waals surface area (Å²) in [6.45, 7) is 1.25. The van der Waals surface area contributed by atoms with Crippen LogP contribution in [0.5, 0.6) is 0 Å². The SMILES string of the molecule is CN(C)CCCNC(=O)C1CC(=O)N(c2ccccc2C(F)(F)F)C1. The molecule has 1 unspecified atom stereocenters. The van der Waals surface area contributed by atoms with Gasteiger partial charge in [-0.15, -0.1) is 0 Å². The van der Waals surface area contributed by atoms with E-state index in [1.165, 1.54) is 18.2 Å². The van der Waals surface area contributed by atoms with Gasteiger partial charge in [-0.05, 0) is 39.2 Å². The average Bonchev–Trinajstić information content (AvgIpc) is 2.92. The summed E-state index contributed by atoms with van der Waals surface area (Å²) in [5, 5.41) is 2.75. The highest BCUT2D eigenvalue weighted by Crippen LogP contribution is 2.38. The fraction of sp³-hybridized carbons (Fsp3) is 0.529. The molecule has 0 spiro atoms. The second-order valence-electron chi connectivity index (χ2n) is 6.37. The maximum Gasteiger partial charge on any atom is 0.418 e. The second-order valence-corrected chi connectivity index (χ2v) is 6.37. The molecule has 1 N–H and O–H groups in total. The van der Waals surface area contributed by atoms with Crippen LogP contribution in [-0.2, 0) is 15.8 Å². The minimum atomic E-state index is -4.55. The number of hydrogen-bond donors (Lipinski definition) is 1. The van der Waals surface area contributed by atoms with Crippen LogP contribution in [0.25, 0.3) is 0 Å². The number of para-hydroxylation sites is 1. The largest absolute Gasteiger partial charge is 0.418 e. The Morgan fingerprint density at radius 2 is 2.00 bits per heavy atom. The number of nitrogens with zero attached hydrogens (tertiary/aromatic N) is 2. The first-order valence-corrected chi connectivity index (χ1v) is 8.09. The highest BCUT2D eigenvalue weighted by molar-refractivity contribution is 6.00. The van der Waals surface area contributed by atoms with Gasteiger partial charge in [0.1, 0.15) is 0 Å². The van der Waals surface area contributed by atoms with Crippen molar-refractivity contribution in [3.63, 3.8) is 0 Å². The molecule has 0 saturated carbocycles. The van der Waals surface area contributed by atoms with Gasteiger partial charge in [0, 0.05) is 19.5 Å². The summed E-state index contributed by atoms with van der Waals surface area (Å²) in [5.41, 5.74) is -1.06. The van der Waals surface area contributed by atoms with Gasteiger partial charge in [-0.25, -0.2) is 0 Å². The van der Waals surface area contributed by atoms with E-state index in [4.69, 9.17) is 0 Å². The van der Waals surface area contributed by atoms with E-state index in [0.717, 1.165) is 23.9 Å². The van der Waals surface area contributed by atoms with E-state index in [1.807, 2.05) is 19.0 Å². The monoisotopic (exact) mass is 357 g/mol. The van der Waals surface area contributed by atoms with Crippen LogP contribution in [0, 0.1) is 5.92 Å². The first-order valence-electron chi connectivity index (χ1n) is 8.09. The lowest BCUT2D eigenvalue weighted by Gasteiger charge is -2.21. The molecule has 1 aromatic carbocycles. The van der Waals surface area contributed by atoms with Crippen LogP contribution in [0.3, 0.4) is 0 Å². The molecule has 1 fully saturated rings. The maximum absolute atomic E-state index is 13.1. The van der Waals surface area contributed by atoms with E-state index in [2.05, 4.69) is 5.32 Å². The molecule has 1 saturated heterocycles. The Hall–Kier alpha value is -2.09. The number of carbonyl (C=O) groups excluding carboxylic acids is 2. The first-order chi connectivity index (χ1) is 11.7. The van der Waals surface area contributed by atoms with Crippen LogP contribution in [0.15, 0.2) is 24.3 Å². The number of carbonyl (C=O) groups is 2. The third kappa shape index (κ3) is 4.94. The van der Waals surface area contributed by atoms with E-state index < -0.39 is 23.6 Å². The van der Waals surface area contributed by atoms with Crippen molar-refractivity contribution < 1.29 is 22.8 Å². The molecule has 2 rings (SSSR count). The molecule has 1 aliphatic heterocycles. The van der Waals surface area contributed by atoms with Gasteiger partial charge in [0.15, 0.2) is 0 Å². The number of nitrogens with one attached hydrogen (secondary N) is 1. The summed E-state index contributed by atoms with van der Waals surface area (Å²) in [6.07, 6.45) is -3.87. The molecular weight excluding hydrogens is 335 g/mol. The molecule has 0 aromatic heterocycles. The molecule has 1 aliphatic rings. The predicted molar refractivity (Wildman–Crippen MR) is 88.1 cm³/mol. The van der Waals surface area contributed by atoms with Gasteiger partial charge >= 0.3 is 6.18 Å². The van der Waals surface area contributed by atoms with Crippen molar-refractivity contribution >= 4 is 17.5 Å². The molecule has 1 aromatic rings. The minimum absolute atomic E-state index is 0.0363. The van der Waals surface area contributed by atoms with Crippen molar-refractivity contribution in [2.75, 3.05) is 38.6 Å². The van der Waals surface area contributed by atoms with Gasteiger partial charge in [-0.1, -0.05) is 12.1 Å². The van der Waals surface area contributed by atoms with Gasteiger partial charge in [-0.3, -0.25) is 9.59 Å². The molecule has 1 heterocycles. The molecule has 138 valence electrons. The van der Waals surface area contributed by atoms with Crippen LogP contribution in [0.2, 0.25) is 0 Å². The lowest BCUT2D eigenvalue weighted by atomic mass is 10.1. The van der Waals surface area contributed by atoms with Gasteiger partial charge < -0.3 is 15.1 Å². The minimum Gasteiger partial charge on any atom is -0.356 e. The van der Waals surface area contributed by atoms with Crippen LogP contribution >= 0.6 is 0 Å². The fourth-order valence-electron chi connectivity index (χ4n) is 2.82. The quantitative estimate of drug-likeness (QED) is 0.794. The number of rotatable bonds is 6. The highest BCUT2D eigenvalue weighted by Gasteiger charge is 2.40. The van der Waals surface area contributed by atoms with Crippen molar-refractivity contribution in [3.8, 4) is 0 Å². The van der Waals surface area contributed by atoms with Crippen LogP contribution in [0.4, 0.5) is 18.9 Å². The summed E-state index contributed by atoms with van der Waals surface area (Å²) in [4.78, 5) is 27.4. The normalized spacial score (nSPS) is 18.1. The maximum atomic E-state index is 13.1. The first kappa shape index (κ1) is 19.2. The summed E-state index contributed by atoms with van der Waals surface area (Å²) in [5.74, 6) is -1.39. The summed E-state index contributed by atoms with van der Waals surface area (Å²) in [6, 6.07) is 4.93. The number of alkyl halides is 3. The van der Waals surface area contributed by atoms with E-state index in [-0.39, 0.29) is 24.6 Å². The second kappa shape index (κ2) is 7.86. The Kier molecular flexibility index (Phi) is 6.05. The fourth-order valence-corrected chi connectivity index (χ4v) is 2.82. The Morgan fingerprint density at radius 3 is 2.64 bits per heavy atom. The highest BCUT2D eigenvalue weighted by atomic mass is 19.4. The van der Waals surface area contributed by atoms with Crippen molar-refractivity contribution in [2.45, 2.75) is 19.0 Å². The zero-order valence-corrected chi connectivity index (χ0v) is 14.3. The van der Waals surface area contributed by atoms with Crippen molar-refractivity contribution in [2.24, 2.45) is 5.92 Å². The third-order valence-electron chi connectivity index (χ3n) is 4.08.